The average Bonchev–Trinajstić information content (AvgIpc) is 2.54. The number of nitrogens with one attached hydrogen (secondary N) is 1. The first-order valence-electron chi connectivity index (χ1n) is 7.46. The molecule has 6 heteroatoms. The molecule has 5 nitrogen and oxygen atoms in total. The fraction of sp³-hybridized carbons (Fsp3) is 0.278. The molecule has 0 atom stereocenters. The van der Waals surface area contributed by atoms with Crippen LogP contribution in [0.2, 0.25) is 5.02 Å². The molecule has 0 fully saturated rings. The van der Waals surface area contributed by atoms with Gasteiger partial charge < -0.3 is 14.8 Å². The second kappa shape index (κ2) is 8.57. The molecule has 2 aromatic carbocycles. The predicted octanol–water partition coefficient (Wildman–Crippen LogP) is 3.43. The fourth-order valence-electron chi connectivity index (χ4n) is 2.35. The Labute approximate surface area is 147 Å². The Kier molecular flexibility index (Phi) is 6.46. The summed E-state index contributed by atoms with van der Waals surface area (Å²) in [5.74, 6) is 1.10. The van der Waals surface area contributed by atoms with Gasteiger partial charge in [-0.2, -0.15) is 0 Å². The van der Waals surface area contributed by atoms with E-state index in [1.54, 1.807) is 32.4 Å². The van der Waals surface area contributed by atoms with Gasteiger partial charge in [-0.3, -0.25) is 9.69 Å². The van der Waals surface area contributed by atoms with Crippen molar-refractivity contribution in [1.82, 2.24) is 4.90 Å². The summed E-state index contributed by atoms with van der Waals surface area (Å²) in [6.45, 7) is 0.871. The van der Waals surface area contributed by atoms with Crippen LogP contribution in [0.3, 0.4) is 0 Å². The Morgan fingerprint density at radius 2 is 1.96 bits per heavy atom. The average molecular weight is 349 g/mol. The van der Waals surface area contributed by atoms with Crippen LogP contribution in [0.25, 0.3) is 0 Å². The van der Waals surface area contributed by atoms with Gasteiger partial charge in [-0.25, -0.2) is 0 Å². The van der Waals surface area contributed by atoms with Crippen LogP contribution in [0, 0.1) is 0 Å². The third-order valence-electron chi connectivity index (χ3n) is 3.44. The van der Waals surface area contributed by atoms with Gasteiger partial charge in [0, 0.05) is 17.6 Å². The number of nitrogens with zero attached hydrogens (tertiary/aromatic N) is 1. The van der Waals surface area contributed by atoms with Crippen LogP contribution in [-0.4, -0.2) is 38.6 Å². The zero-order chi connectivity index (χ0) is 17.5. The largest absolute Gasteiger partial charge is 0.497 e. The summed E-state index contributed by atoms with van der Waals surface area (Å²) in [5, 5.41) is 3.54. The van der Waals surface area contributed by atoms with Gasteiger partial charge in [-0.1, -0.05) is 23.7 Å². The minimum absolute atomic E-state index is 0.133. The van der Waals surface area contributed by atoms with Gasteiger partial charge >= 0.3 is 0 Å². The van der Waals surface area contributed by atoms with Crippen molar-refractivity contribution in [2.75, 3.05) is 33.1 Å². The molecule has 2 rings (SSSR count). The van der Waals surface area contributed by atoms with Crippen LogP contribution < -0.4 is 14.8 Å². The molecule has 0 bridgehead atoms. The van der Waals surface area contributed by atoms with Crippen LogP contribution in [0.5, 0.6) is 11.5 Å². The summed E-state index contributed by atoms with van der Waals surface area (Å²) in [4.78, 5) is 14.2. The fourth-order valence-corrected chi connectivity index (χ4v) is 2.56. The summed E-state index contributed by atoms with van der Waals surface area (Å²) in [7, 11) is 5.01. The standard InChI is InChI=1S/C18H21ClN2O3/c1-21(11-13-5-4-6-14(19)9-13)12-18(22)20-16-10-15(23-2)7-8-17(16)24-3/h4-10H,11-12H2,1-3H3,(H,20,22). The summed E-state index contributed by atoms with van der Waals surface area (Å²) >= 11 is 5.98. The van der Waals surface area contributed by atoms with E-state index in [2.05, 4.69) is 5.32 Å². The number of anilines is 1. The zero-order valence-electron chi connectivity index (χ0n) is 14.0. The van der Waals surface area contributed by atoms with Gasteiger partial charge in [-0.15, -0.1) is 0 Å². The molecule has 0 spiro atoms. The molecule has 128 valence electrons. The molecule has 0 saturated heterocycles. The van der Waals surface area contributed by atoms with Crippen molar-refractivity contribution >= 4 is 23.2 Å². The molecule has 0 radical (unpaired) electrons. The first kappa shape index (κ1) is 18.1. The van der Waals surface area contributed by atoms with Crippen molar-refractivity contribution in [2.45, 2.75) is 6.54 Å². The normalized spacial score (nSPS) is 10.5. The summed E-state index contributed by atoms with van der Waals surface area (Å²) in [6, 6.07) is 12.9. The number of methoxy groups -OCH3 is 2. The zero-order valence-corrected chi connectivity index (χ0v) is 14.8. The summed E-state index contributed by atoms with van der Waals surface area (Å²) in [5.41, 5.74) is 1.63. The molecule has 0 unspecified atom stereocenters. The van der Waals surface area contributed by atoms with Crippen molar-refractivity contribution < 1.29 is 14.3 Å². The minimum atomic E-state index is -0.133. The lowest BCUT2D eigenvalue weighted by Crippen LogP contribution is -2.30. The van der Waals surface area contributed by atoms with Gasteiger partial charge in [0.2, 0.25) is 5.91 Å². The molecule has 2 aromatic rings. The third-order valence-corrected chi connectivity index (χ3v) is 3.67. The lowest BCUT2D eigenvalue weighted by molar-refractivity contribution is -0.117. The maximum absolute atomic E-state index is 12.3. The molecule has 24 heavy (non-hydrogen) atoms. The van der Waals surface area contributed by atoms with Gasteiger partial charge in [0.25, 0.3) is 0 Å². The number of likely N-dealkylation sites (N-methyl/N-ethyl adjacent to an activating group) is 1. The van der Waals surface area contributed by atoms with Gasteiger partial charge in [-0.05, 0) is 36.9 Å². The Morgan fingerprint density at radius 3 is 2.62 bits per heavy atom. The van der Waals surface area contributed by atoms with Crippen LogP contribution in [0.15, 0.2) is 42.5 Å². The van der Waals surface area contributed by atoms with Crippen molar-refractivity contribution in [3.05, 3.63) is 53.1 Å². The van der Waals surface area contributed by atoms with Crippen LogP contribution in [0.4, 0.5) is 5.69 Å². The van der Waals surface area contributed by atoms with E-state index in [1.165, 1.54) is 0 Å². The third kappa shape index (κ3) is 5.15. The van der Waals surface area contributed by atoms with E-state index in [0.717, 1.165) is 5.56 Å². The number of carbonyl (C=O) groups excluding carboxylic acids is 1. The Morgan fingerprint density at radius 1 is 1.17 bits per heavy atom. The van der Waals surface area contributed by atoms with E-state index in [-0.39, 0.29) is 12.5 Å². The first-order chi connectivity index (χ1) is 11.5. The lowest BCUT2D eigenvalue weighted by Gasteiger charge is -2.17. The smallest absolute Gasteiger partial charge is 0.238 e. The van der Waals surface area contributed by atoms with E-state index >= 15 is 0 Å². The summed E-state index contributed by atoms with van der Waals surface area (Å²) in [6.07, 6.45) is 0. The maximum Gasteiger partial charge on any atom is 0.238 e. The van der Waals surface area contributed by atoms with E-state index < -0.39 is 0 Å². The second-order valence-electron chi connectivity index (χ2n) is 5.42. The number of benzene rings is 2. The molecule has 1 amide bonds. The molecule has 0 aliphatic carbocycles. The monoisotopic (exact) mass is 348 g/mol. The number of ether oxygens (including phenoxy) is 2. The van der Waals surface area contributed by atoms with Crippen molar-refractivity contribution in [1.29, 1.82) is 0 Å². The highest BCUT2D eigenvalue weighted by Crippen LogP contribution is 2.28. The first-order valence-corrected chi connectivity index (χ1v) is 7.84. The van der Waals surface area contributed by atoms with E-state index in [4.69, 9.17) is 21.1 Å². The quantitative estimate of drug-likeness (QED) is 0.833. The highest BCUT2D eigenvalue weighted by atomic mass is 35.5. The number of amides is 1. The van der Waals surface area contributed by atoms with Crippen LogP contribution in [0.1, 0.15) is 5.56 Å². The van der Waals surface area contributed by atoms with E-state index in [9.17, 15) is 4.79 Å². The van der Waals surface area contributed by atoms with Crippen molar-refractivity contribution in [3.63, 3.8) is 0 Å². The highest BCUT2D eigenvalue weighted by molar-refractivity contribution is 6.30. The number of hydrogen-bond donors (Lipinski definition) is 1. The van der Waals surface area contributed by atoms with Gasteiger partial charge in [0.15, 0.2) is 0 Å². The maximum atomic E-state index is 12.3. The molecule has 0 heterocycles. The minimum Gasteiger partial charge on any atom is -0.497 e. The highest BCUT2D eigenvalue weighted by Gasteiger charge is 2.11. The Balaban J connectivity index is 1.97. The van der Waals surface area contributed by atoms with Crippen molar-refractivity contribution in [2.24, 2.45) is 0 Å². The summed E-state index contributed by atoms with van der Waals surface area (Å²) < 4.78 is 10.4. The molecule has 1 N–H and O–H groups in total. The van der Waals surface area contributed by atoms with E-state index in [0.29, 0.717) is 28.8 Å². The van der Waals surface area contributed by atoms with E-state index in [1.807, 2.05) is 36.2 Å². The predicted molar refractivity (Wildman–Crippen MR) is 96.0 cm³/mol. The molecule has 0 aliphatic rings. The number of carbonyl (C=O) groups is 1. The molecule has 0 saturated carbocycles. The lowest BCUT2D eigenvalue weighted by atomic mass is 10.2. The van der Waals surface area contributed by atoms with Crippen molar-refractivity contribution in [3.8, 4) is 11.5 Å². The number of rotatable bonds is 7. The molecular formula is C18H21ClN2O3. The second-order valence-corrected chi connectivity index (χ2v) is 5.85. The molecule has 0 aliphatic heterocycles. The molecule has 0 aromatic heterocycles. The number of hydrogen-bond acceptors (Lipinski definition) is 4. The Bertz CT molecular complexity index is 706. The number of halogens is 1. The Hall–Kier alpha value is -2.24. The van der Waals surface area contributed by atoms with Crippen LogP contribution >= 0.6 is 11.6 Å². The SMILES string of the molecule is COc1ccc(OC)c(NC(=O)CN(C)Cc2cccc(Cl)c2)c1. The topological polar surface area (TPSA) is 50.8 Å². The van der Waals surface area contributed by atoms with Gasteiger partial charge in [0.1, 0.15) is 11.5 Å². The van der Waals surface area contributed by atoms with Crippen LogP contribution in [-0.2, 0) is 11.3 Å². The van der Waals surface area contributed by atoms with Gasteiger partial charge in [0.05, 0.1) is 26.5 Å². The molecular weight excluding hydrogens is 328 g/mol.